The molecule has 1 fully saturated rings. The minimum atomic E-state index is -0.119. The summed E-state index contributed by atoms with van der Waals surface area (Å²) in [6.07, 6.45) is 1.95. The summed E-state index contributed by atoms with van der Waals surface area (Å²) in [6.45, 7) is 2.70. The average Bonchev–Trinajstić information content (AvgIpc) is 2.86. The molecule has 1 amide bonds. The number of rotatable bonds is 5. The first kappa shape index (κ1) is 14.7. The molecule has 0 unspecified atom stereocenters. The summed E-state index contributed by atoms with van der Waals surface area (Å²) in [7, 11) is 0. The van der Waals surface area contributed by atoms with Crippen LogP contribution in [0.1, 0.15) is 30.1 Å². The lowest BCUT2D eigenvalue weighted by Crippen LogP contribution is -2.38. The average molecular weight is 276 g/mol. The summed E-state index contributed by atoms with van der Waals surface area (Å²) in [5, 5.41) is 12.0. The summed E-state index contributed by atoms with van der Waals surface area (Å²) >= 11 is 0. The number of nitrogens with zero attached hydrogens (tertiary/aromatic N) is 1. The van der Waals surface area contributed by atoms with E-state index in [0.717, 1.165) is 19.4 Å². The van der Waals surface area contributed by atoms with Crippen LogP contribution in [0.2, 0.25) is 0 Å². The fourth-order valence-electron chi connectivity index (χ4n) is 2.51. The van der Waals surface area contributed by atoms with E-state index in [1.54, 1.807) is 24.3 Å². The van der Waals surface area contributed by atoms with E-state index in [9.17, 15) is 14.7 Å². The van der Waals surface area contributed by atoms with Crippen molar-refractivity contribution in [1.82, 2.24) is 4.90 Å². The molecule has 1 aromatic rings. The Balaban J connectivity index is 1.94. The number of Topliss-reactive ketones (excluding diaryl/α,β-unsaturated/α-hetero) is 1. The number of hydrogen-bond donors (Lipinski definition) is 2. The molecule has 0 spiro atoms. The molecular weight excluding hydrogens is 256 g/mol. The standard InChI is InChI=1S/C15H20N2O3/c1-11(19)12-4-2-5-13(8-12)16-15(20)9-17-7-3-6-14(17)10-18/h2,4-5,8,14,18H,3,6-7,9-10H2,1H3,(H,16,20)/t14-/m1/s1. The highest BCUT2D eigenvalue weighted by atomic mass is 16.3. The van der Waals surface area contributed by atoms with Crippen LogP contribution in [0.3, 0.4) is 0 Å². The molecule has 0 radical (unpaired) electrons. The number of nitrogens with one attached hydrogen (secondary N) is 1. The van der Waals surface area contributed by atoms with E-state index in [-0.39, 0.29) is 30.9 Å². The van der Waals surface area contributed by atoms with E-state index >= 15 is 0 Å². The van der Waals surface area contributed by atoms with Gasteiger partial charge in [0.1, 0.15) is 0 Å². The number of anilines is 1. The highest BCUT2D eigenvalue weighted by molar-refractivity contribution is 5.97. The maximum absolute atomic E-state index is 12.0. The normalized spacial score (nSPS) is 19.0. The molecule has 2 rings (SSSR count). The Kier molecular flexibility index (Phi) is 4.87. The van der Waals surface area contributed by atoms with Crippen molar-refractivity contribution < 1.29 is 14.7 Å². The van der Waals surface area contributed by atoms with Gasteiger partial charge in [0.05, 0.1) is 13.2 Å². The van der Waals surface area contributed by atoms with Gasteiger partial charge in [0, 0.05) is 17.3 Å². The van der Waals surface area contributed by atoms with Crippen LogP contribution in [0, 0.1) is 0 Å². The first-order valence-electron chi connectivity index (χ1n) is 6.86. The highest BCUT2D eigenvalue weighted by Gasteiger charge is 2.25. The second-order valence-corrected chi connectivity index (χ2v) is 5.13. The molecule has 0 aliphatic carbocycles. The van der Waals surface area contributed by atoms with Crippen molar-refractivity contribution in [3.8, 4) is 0 Å². The van der Waals surface area contributed by atoms with E-state index < -0.39 is 0 Å². The molecule has 1 aliphatic rings. The molecule has 1 saturated heterocycles. The van der Waals surface area contributed by atoms with E-state index in [0.29, 0.717) is 11.3 Å². The molecule has 1 aliphatic heterocycles. The number of benzene rings is 1. The second kappa shape index (κ2) is 6.63. The fraction of sp³-hybridized carbons (Fsp3) is 0.467. The number of likely N-dealkylation sites (tertiary alicyclic amines) is 1. The fourth-order valence-corrected chi connectivity index (χ4v) is 2.51. The van der Waals surface area contributed by atoms with E-state index in [1.807, 2.05) is 4.90 Å². The zero-order valence-electron chi connectivity index (χ0n) is 11.6. The number of ketones is 1. The molecule has 5 heteroatoms. The number of carbonyl (C=O) groups excluding carboxylic acids is 2. The largest absolute Gasteiger partial charge is 0.395 e. The van der Waals surface area contributed by atoms with Gasteiger partial charge in [-0.15, -0.1) is 0 Å². The van der Waals surface area contributed by atoms with Crippen molar-refractivity contribution in [2.75, 3.05) is 25.0 Å². The smallest absolute Gasteiger partial charge is 0.238 e. The van der Waals surface area contributed by atoms with Crippen LogP contribution in [-0.2, 0) is 4.79 Å². The third-order valence-corrected chi connectivity index (χ3v) is 3.61. The van der Waals surface area contributed by atoms with Crippen molar-refractivity contribution in [2.45, 2.75) is 25.8 Å². The van der Waals surface area contributed by atoms with Gasteiger partial charge in [0.25, 0.3) is 0 Å². The Morgan fingerprint density at radius 2 is 2.25 bits per heavy atom. The van der Waals surface area contributed by atoms with Crippen LogP contribution in [0.15, 0.2) is 24.3 Å². The zero-order chi connectivity index (χ0) is 14.5. The van der Waals surface area contributed by atoms with Gasteiger partial charge >= 0.3 is 0 Å². The van der Waals surface area contributed by atoms with Gasteiger partial charge in [-0.1, -0.05) is 12.1 Å². The third kappa shape index (κ3) is 3.65. The lowest BCUT2D eigenvalue weighted by atomic mass is 10.1. The van der Waals surface area contributed by atoms with Gasteiger partial charge in [-0.2, -0.15) is 0 Å². The summed E-state index contributed by atoms with van der Waals surface area (Å²) in [4.78, 5) is 25.3. The van der Waals surface area contributed by atoms with Crippen molar-refractivity contribution in [3.63, 3.8) is 0 Å². The molecule has 2 N–H and O–H groups in total. The van der Waals surface area contributed by atoms with Crippen LogP contribution in [0.25, 0.3) is 0 Å². The Hall–Kier alpha value is -1.72. The van der Waals surface area contributed by atoms with Gasteiger partial charge in [-0.3, -0.25) is 14.5 Å². The quantitative estimate of drug-likeness (QED) is 0.795. The topological polar surface area (TPSA) is 69.6 Å². The van der Waals surface area contributed by atoms with Crippen molar-refractivity contribution >= 4 is 17.4 Å². The Morgan fingerprint density at radius 1 is 1.45 bits per heavy atom. The first-order valence-corrected chi connectivity index (χ1v) is 6.86. The minimum Gasteiger partial charge on any atom is -0.395 e. The highest BCUT2D eigenvalue weighted by Crippen LogP contribution is 2.17. The Labute approximate surface area is 118 Å². The molecule has 0 bridgehead atoms. The lowest BCUT2D eigenvalue weighted by Gasteiger charge is -2.21. The lowest BCUT2D eigenvalue weighted by molar-refractivity contribution is -0.117. The second-order valence-electron chi connectivity index (χ2n) is 5.13. The number of aliphatic hydroxyl groups is 1. The number of carbonyl (C=O) groups is 2. The van der Waals surface area contributed by atoms with E-state index in [4.69, 9.17) is 0 Å². The van der Waals surface area contributed by atoms with Gasteiger partial charge < -0.3 is 10.4 Å². The molecule has 0 saturated carbocycles. The first-order chi connectivity index (χ1) is 9.60. The van der Waals surface area contributed by atoms with E-state index in [1.165, 1.54) is 6.92 Å². The predicted octanol–water partition coefficient (Wildman–Crippen LogP) is 1.28. The molecule has 5 nitrogen and oxygen atoms in total. The van der Waals surface area contributed by atoms with Crippen molar-refractivity contribution in [2.24, 2.45) is 0 Å². The molecule has 108 valence electrons. The van der Waals surface area contributed by atoms with Gasteiger partial charge in [0.2, 0.25) is 5.91 Å². The molecule has 1 heterocycles. The maximum atomic E-state index is 12.0. The van der Waals surface area contributed by atoms with Crippen LogP contribution in [-0.4, -0.2) is 47.4 Å². The molecule has 20 heavy (non-hydrogen) atoms. The van der Waals surface area contributed by atoms with Crippen molar-refractivity contribution in [1.29, 1.82) is 0 Å². The summed E-state index contributed by atoms with van der Waals surface area (Å²) in [5.74, 6) is -0.146. The van der Waals surface area contributed by atoms with Crippen LogP contribution >= 0.6 is 0 Å². The van der Waals surface area contributed by atoms with E-state index in [2.05, 4.69) is 5.32 Å². The van der Waals surface area contributed by atoms with Crippen LogP contribution < -0.4 is 5.32 Å². The predicted molar refractivity (Wildman–Crippen MR) is 76.8 cm³/mol. The third-order valence-electron chi connectivity index (χ3n) is 3.61. The molecular formula is C15H20N2O3. The van der Waals surface area contributed by atoms with Crippen LogP contribution in [0.5, 0.6) is 0 Å². The summed E-state index contributed by atoms with van der Waals surface area (Å²) in [6, 6.07) is 6.99. The Bertz CT molecular complexity index is 502. The Morgan fingerprint density at radius 3 is 2.95 bits per heavy atom. The number of amides is 1. The SMILES string of the molecule is CC(=O)c1cccc(NC(=O)CN2CCC[C@@H]2CO)c1. The van der Waals surface area contributed by atoms with Gasteiger partial charge in [-0.05, 0) is 38.4 Å². The van der Waals surface area contributed by atoms with Gasteiger partial charge in [-0.25, -0.2) is 0 Å². The van der Waals surface area contributed by atoms with Crippen molar-refractivity contribution in [3.05, 3.63) is 29.8 Å². The number of aliphatic hydroxyl groups excluding tert-OH is 1. The zero-order valence-corrected chi connectivity index (χ0v) is 11.6. The van der Waals surface area contributed by atoms with Crippen LogP contribution in [0.4, 0.5) is 5.69 Å². The maximum Gasteiger partial charge on any atom is 0.238 e. The summed E-state index contributed by atoms with van der Waals surface area (Å²) in [5.41, 5.74) is 1.21. The molecule has 0 aromatic heterocycles. The monoisotopic (exact) mass is 276 g/mol. The molecule has 1 atom stereocenters. The number of hydrogen-bond acceptors (Lipinski definition) is 4. The molecule has 1 aromatic carbocycles. The summed E-state index contributed by atoms with van der Waals surface area (Å²) < 4.78 is 0. The minimum absolute atomic E-state index is 0.0269. The van der Waals surface area contributed by atoms with Gasteiger partial charge in [0.15, 0.2) is 5.78 Å².